The Morgan fingerprint density at radius 3 is 2.75 bits per heavy atom. The molecular formula is C6H14N5O. The average Bonchev–Trinajstić information content (AvgIpc) is 2.04. The van der Waals surface area contributed by atoms with Crippen LogP contribution >= 0.6 is 0 Å². The van der Waals surface area contributed by atoms with Gasteiger partial charge < -0.3 is 11.1 Å². The normalized spacial score (nSPS) is 12.1. The Balaban J connectivity index is 3.29. The standard InChI is InChI=1S/C6H14N5O/c7-6(8)10-3-1-2-5(4-12)11-9/h5,11H,1-3,9H2,(H4,7,8,10)/t5-/m0/s1. The monoisotopic (exact) mass is 172 g/mol. The first-order valence-corrected chi connectivity index (χ1v) is 3.62. The largest absolute Gasteiger partial charge is 0.370 e. The number of hydrogen-bond acceptors (Lipinski definition) is 4. The molecule has 0 aromatic heterocycles. The topological polar surface area (TPSA) is 117 Å². The van der Waals surface area contributed by atoms with Crippen LogP contribution in [0.3, 0.4) is 0 Å². The first-order chi connectivity index (χ1) is 5.70. The van der Waals surface area contributed by atoms with Crippen LogP contribution in [0.25, 0.3) is 0 Å². The Kier molecular flexibility index (Phi) is 5.94. The second-order valence-electron chi connectivity index (χ2n) is 2.32. The van der Waals surface area contributed by atoms with Crippen LogP contribution in [-0.4, -0.2) is 24.8 Å². The number of carbonyl (C=O) groups excluding carboxylic acids is 1. The van der Waals surface area contributed by atoms with Gasteiger partial charge in [-0.2, -0.15) is 0 Å². The molecule has 0 saturated carbocycles. The molecule has 0 fully saturated rings. The van der Waals surface area contributed by atoms with Crippen molar-refractivity contribution in [1.29, 1.82) is 5.41 Å². The molecule has 0 unspecified atom stereocenters. The molecule has 69 valence electrons. The summed E-state index contributed by atoms with van der Waals surface area (Å²) in [6, 6.07) is -0.432. The van der Waals surface area contributed by atoms with E-state index in [0.29, 0.717) is 19.4 Å². The highest BCUT2D eigenvalue weighted by Gasteiger charge is 2.03. The van der Waals surface area contributed by atoms with Crippen molar-refractivity contribution in [3.63, 3.8) is 0 Å². The molecule has 0 amide bonds. The minimum Gasteiger partial charge on any atom is -0.370 e. The van der Waals surface area contributed by atoms with Gasteiger partial charge in [0.05, 0.1) is 6.04 Å². The Bertz CT molecular complexity index is 149. The van der Waals surface area contributed by atoms with Crippen molar-refractivity contribution in [2.75, 3.05) is 6.54 Å². The van der Waals surface area contributed by atoms with Crippen molar-refractivity contribution < 1.29 is 4.79 Å². The van der Waals surface area contributed by atoms with E-state index in [0.717, 1.165) is 0 Å². The maximum atomic E-state index is 10.1. The Morgan fingerprint density at radius 2 is 2.33 bits per heavy atom. The lowest BCUT2D eigenvalue weighted by Gasteiger charge is -2.07. The van der Waals surface area contributed by atoms with Crippen LogP contribution in [0.15, 0.2) is 0 Å². The molecule has 0 aliphatic carbocycles. The summed E-state index contributed by atoms with van der Waals surface area (Å²) >= 11 is 0. The summed E-state index contributed by atoms with van der Waals surface area (Å²) in [7, 11) is 0. The number of nitrogens with two attached hydrogens (primary N) is 2. The van der Waals surface area contributed by atoms with Crippen molar-refractivity contribution in [2.24, 2.45) is 11.6 Å². The number of rotatable bonds is 6. The second-order valence-corrected chi connectivity index (χ2v) is 2.32. The third kappa shape index (κ3) is 5.63. The zero-order valence-electron chi connectivity index (χ0n) is 6.76. The summed E-state index contributed by atoms with van der Waals surface area (Å²) in [5.41, 5.74) is 7.33. The van der Waals surface area contributed by atoms with Crippen LogP contribution in [0, 0.1) is 5.41 Å². The summed E-state index contributed by atoms with van der Waals surface area (Å²) in [4.78, 5) is 10.1. The van der Waals surface area contributed by atoms with Crippen LogP contribution in [-0.2, 0) is 4.79 Å². The first kappa shape index (κ1) is 10.9. The quantitative estimate of drug-likeness (QED) is 0.106. The molecule has 0 aliphatic heterocycles. The molecule has 0 rings (SSSR count). The molecule has 0 aromatic carbocycles. The number of nitrogens with one attached hydrogen (secondary N) is 3. The third-order valence-corrected chi connectivity index (χ3v) is 1.33. The molecule has 1 atom stereocenters. The second kappa shape index (κ2) is 6.56. The van der Waals surface area contributed by atoms with Gasteiger partial charge >= 0.3 is 0 Å². The highest BCUT2D eigenvalue weighted by molar-refractivity contribution is 5.74. The van der Waals surface area contributed by atoms with Gasteiger partial charge in [0.25, 0.3) is 0 Å². The summed E-state index contributed by atoms with van der Waals surface area (Å²) in [6.45, 7) is 0.565. The lowest BCUT2D eigenvalue weighted by molar-refractivity contribution is 0.499. The summed E-state index contributed by atoms with van der Waals surface area (Å²) < 4.78 is 0. The fraction of sp³-hybridized carbons (Fsp3) is 0.667. The SMILES string of the molecule is N=C(N)NCCC[C@@H]([C]=O)NN. The van der Waals surface area contributed by atoms with Gasteiger partial charge in [0, 0.05) is 6.54 Å². The number of hydrogen-bond donors (Lipinski definition) is 5. The van der Waals surface area contributed by atoms with Crippen LogP contribution < -0.4 is 22.3 Å². The molecule has 12 heavy (non-hydrogen) atoms. The molecule has 0 heterocycles. The van der Waals surface area contributed by atoms with Gasteiger partial charge in [0.2, 0.25) is 6.29 Å². The average molecular weight is 172 g/mol. The molecule has 6 heteroatoms. The van der Waals surface area contributed by atoms with E-state index in [1.54, 1.807) is 6.29 Å². The van der Waals surface area contributed by atoms with Crippen LogP contribution in [0.2, 0.25) is 0 Å². The molecule has 0 bridgehead atoms. The zero-order valence-corrected chi connectivity index (χ0v) is 6.76. The van der Waals surface area contributed by atoms with Crippen LogP contribution in [0.1, 0.15) is 12.8 Å². The predicted molar refractivity (Wildman–Crippen MR) is 46.0 cm³/mol. The van der Waals surface area contributed by atoms with E-state index in [4.69, 9.17) is 17.0 Å². The van der Waals surface area contributed by atoms with E-state index >= 15 is 0 Å². The zero-order chi connectivity index (χ0) is 9.40. The fourth-order valence-electron chi connectivity index (χ4n) is 0.706. The molecule has 0 aromatic rings. The van der Waals surface area contributed by atoms with Crippen LogP contribution in [0.5, 0.6) is 0 Å². The maximum Gasteiger partial charge on any atom is 0.218 e. The number of hydrazine groups is 1. The van der Waals surface area contributed by atoms with Gasteiger partial charge in [-0.25, -0.2) is 5.43 Å². The molecule has 1 radical (unpaired) electrons. The van der Waals surface area contributed by atoms with Gasteiger partial charge in [0.15, 0.2) is 5.96 Å². The van der Waals surface area contributed by atoms with E-state index in [1.165, 1.54) is 0 Å². The van der Waals surface area contributed by atoms with Gasteiger partial charge in [0.1, 0.15) is 0 Å². The van der Waals surface area contributed by atoms with Crippen LogP contribution in [0.4, 0.5) is 0 Å². The predicted octanol–water partition coefficient (Wildman–Crippen LogP) is -1.81. The fourth-order valence-corrected chi connectivity index (χ4v) is 0.706. The molecule has 0 saturated heterocycles. The van der Waals surface area contributed by atoms with Crippen molar-refractivity contribution in [1.82, 2.24) is 10.7 Å². The maximum absolute atomic E-state index is 10.1. The number of guanidine groups is 1. The molecule has 6 nitrogen and oxygen atoms in total. The van der Waals surface area contributed by atoms with Gasteiger partial charge in [-0.05, 0) is 12.8 Å². The van der Waals surface area contributed by atoms with E-state index in [1.807, 2.05) is 0 Å². The van der Waals surface area contributed by atoms with Crippen molar-refractivity contribution in [3.8, 4) is 0 Å². The van der Waals surface area contributed by atoms with Gasteiger partial charge in [-0.3, -0.25) is 16.0 Å². The Hall–Kier alpha value is -1.14. The lowest BCUT2D eigenvalue weighted by atomic mass is 10.2. The van der Waals surface area contributed by atoms with Crippen molar-refractivity contribution >= 4 is 12.2 Å². The lowest BCUT2D eigenvalue weighted by Crippen LogP contribution is -2.37. The van der Waals surface area contributed by atoms with Gasteiger partial charge in [-0.15, -0.1) is 0 Å². The molecule has 0 aliphatic rings. The van der Waals surface area contributed by atoms with E-state index in [-0.39, 0.29) is 5.96 Å². The summed E-state index contributed by atoms with van der Waals surface area (Å²) in [6.07, 6.45) is 3.04. The molecular weight excluding hydrogens is 158 g/mol. The third-order valence-electron chi connectivity index (χ3n) is 1.33. The summed E-state index contributed by atoms with van der Waals surface area (Å²) in [5, 5.41) is 9.43. The van der Waals surface area contributed by atoms with E-state index < -0.39 is 6.04 Å². The minimum absolute atomic E-state index is 0.0673. The minimum atomic E-state index is -0.432. The Morgan fingerprint density at radius 1 is 1.67 bits per heavy atom. The van der Waals surface area contributed by atoms with Gasteiger partial charge in [-0.1, -0.05) is 0 Å². The van der Waals surface area contributed by atoms with E-state index in [9.17, 15) is 4.79 Å². The smallest absolute Gasteiger partial charge is 0.218 e. The van der Waals surface area contributed by atoms with E-state index in [2.05, 4.69) is 10.7 Å². The molecule has 7 N–H and O–H groups in total. The first-order valence-electron chi connectivity index (χ1n) is 3.62. The molecule has 0 spiro atoms. The summed E-state index contributed by atoms with van der Waals surface area (Å²) in [5.74, 6) is 4.96. The highest BCUT2D eigenvalue weighted by atomic mass is 16.1. The van der Waals surface area contributed by atoms with Crippen molar-refractivity contribution in [2.45, 2.75) is 18.9 Å². The Labute approximate surface area is 71.2 Å². The van der Waals surface area contributed by atoms with Crippen molar-refractivity contribution in [3.05, 3.63) is 0 Å². The highest BCUT2D eigenvalue weighted by Crippen LogP contribution is 1.91.